The lowest BCUT2D eigenvalue weighted by Gasteiger charge is -2.41. The lowest BCUT2D eigenvalue weighted by atomic mass is 10.0. The number of non-ortho nitro benzene ring substituents is 1. The number of rotatable bonds is 3. The van der Waals surface area contributed by atoms with E-state index in [4.69, 9.17) is 0 Å². The van der Waals surface area contributed by atoms with Gasteiger partial charge in [0.25, 0.3) is 5.69 Å². The van der Waals surface area contributed by atoms with Gasteiger partial charge in [-0.05, 0) is 24.6 Å². The lowest BCUT2D eigenvalue weighted by Crippen LogP contribution is -2.61. The number of hydrogen-bond acceptors (Lipinski definition) is 4. The molecule has 18 heavy (non-hydrogen) atoms. The summed E-state index contributed by atoms with van der Waals surface area (Å²) in [7, 11) is 0.721. The van der Waals surface area contributed by atoms with E-state index >= 15 is 0 Å². The summed E-state index contributed by atoms with van der Waals surface area (Å²) in [6.45, 7) is 1.96. The number of hydrogen-bond donors (Lipinski definition) is 0. The molecule has 0 spiro atoms. The van der Waals surface area contributed by atoms with Gasteiger partial charge in [0.2, 0.25) is 5.91 Å². The van der Waals surface area contributed by atoms with E-state index in [-0.39, 0.29) is 23.7 Å². The maximum atomic E-state index is 11.5. The van der Waals surface area contributed by atoms with Crippen LogP contribution < -0.4 is 0 Å². The molecular formula is C11H13N3O3Si. The van der Waals surface area contributed by atoms with E-state index in [9.17, 15) is 14.9 Å². The van der Waals surface area contributed by atoms with Gasteiger partial charge in [0.15, 0.2) is 0 Å². The largest absolute Gasteiger partial charge is 0.371 e. The molecule has 6 nitrogen and oxygen atoms in total. The fourth-order valence-corrected chi connectivity index (χ4v) is 2.33. The molecular weight excluding hydrogens is 250 g/mol. The lowest BCUT2D eigenvalue weighted by molar-refractivity contribution is -0.384. The minimum Gasteiger partial charge on any atom is -0.371 e. The molecule has 2 unspecified atom stereocenters. The Kier molecular flexibility index (Phi) is 3.24. The summed E-state index contributed by atoms with van der Waals surface area (Å²) in [6, 6.07) is 5.96. The van der Waals surface area contributed by atoms with Crippen LogP contribution in [0, 0.1) is 10.1 Å². The first kappa shape index (κ1) is 12.4. The summed E-state index contributed by atoms with van der Waals surface area (Å²) in [5.74, 6) is 0.0623. The van der Waals surface area contributed by atoms with Crippen molar-refractivity contribution < 1.29 is 9.72 Å². The number of aliphatic imine (C=N–C) groups is 1. The first-order valence-electron chi connectivity index (χ1n) is 5.55. The van der Waals surface area contributed by atoms with Crippen molar-refractivity contribution in [3.63, 3.8) is 0 Å². The second-order valence-corrected chi connectivity index (χ2v) is 5.23. The molecule has 0 radical (unpaired) electrons. The molecule has 1 fully saturated rings. The van der Waals surface area contributed by atoms with E-state index in [1.807, 2.05) is 6.92 Å². The van der Waals surface area contributed by atoms with E-state index in [0.717, 1.165) is 16.0 Å². The molecule has 0 aliphatic carbocycles. The van der Waals surface area contributed by atoms with Crippen LogP contribution in [-0.2, 0) is 4.79 Å². The highest BCUT2D eigenvalue weighted by Crippen LogP contribution is 2.19. The van der Waals surface area contributed by atoms with Crippen molar-refractivity contribution in [2.45, 2.75) is 19.0 Å². The van der Waals surface area contributed by atoms with Gasteiger partial charge in [0.1, 0.15) is 16.4 Å². The van der Waals surface area contributed by atoms with Gasteiger partial charge in [0.05, 0.1) is 11.0 Å². The van der Waals surface area contributed by atoms with Crippen LogP contribution in [0.25, 0.3) is 0 Å². The Labute approximate surface area is 107 Å². The second-order valence-electron chi connectivity index (χ2n) is 4.26. The number of nitro benzene ring substituents is 1. The Hall–Kier alpha value is -2.02. The first-order valence-corrected chi connectivity index (χ1v) is 6.44. The Morgan fingerprint density at radius 2 is 2.06 bits per heavy atom. The van der Waals surface area contributed by atoms with Crippen molar-refractivity contribution in [3.8, 4) is 0 Å². The predicted molar refractivity (Wildman–Crippen MR) is 70.7 cm³/mol. The van der Waals surface area contributed by atoms with E-state index in [1.165, 1.54) is 12.1 Å². The molecule has 1 aromatic carbocycles. The molecule has 0 aromatic heterocycles. The molecule has 0 bridgehead atoms. The van der Waals surface area contributed by atoms with Crippen molar-refractivity contribution >= 4 is 28.2 Å². The van der Waals surface area contributed by atoms with Crippen LogP contribution in [0.4, 0.5) is 5.69 Å². The van der Waals surface area contributed by atoms with Gasteiger partial charge in [-0.3, -0.25) is 19.9 Å². The Morgan fingerprint density at radius 1 is 1.44 bits per heavy atom. The molecule has 1 aliphatic rings. The number of benzene rings is 1. The zero-order valence-electron chi connectivity index (χ0n) is 10.1. The fraction of sp³-hybridized carbons (Fsp3) is 0.273. The number of nitro groups is 1. The van der Waals surface area contributed by atoms with Gasteiger partial charge in [-0.15, -0.1) is 0 Å². The Morgan fingerprint density at radius 3 is 2.56 bits per heavy atom. The maximum Gasteiger partial charge on any atom is 0.269 e. The number of β-lactam (4-membered cyclic amide) rings is 1. The normalized spacial score (nSPS) is 23.4. The molecule has 2 atom stereocenters. The van der Waals surface area contributed by atoms with Crippen molar-refractivity contribution in [2.75, 3.05) is 0 Å². The van der Waals surface area contributed by atoms with Gasteiger partial charge in [-0.1, -0.05) is 0 Å². The smallest absolute Gasteiger partial charge is 0.269 e. The fourth-order valence-electron chi connectivity index (χ4n) is 1.78. The molecule has 2 rings (SSSR count). The van der Waals surface area contributed by atoms with E-state index in [1.54, 1.807) is 22.9 Å². The SMILES string of the molecule is CC1C(N=Cc2ccc([N+](=O)[O-])cc2)C(=O)N1[SiH3]. The Balaban J connectivity index is 2.06. The van der Waals surface area contributed by atoms with E-state index in [0.29, 0.717) is 0 Å². The van der Waals surface area contributed by atoms with Crippen LogP contribution in [0.15, 0.2) is 29.3 Å². The molecule has 0 N–H and O–H groups in total. The summed E-state index contributed by atoms with van der Waals surface area (Å²) < 4.78 is 1.78. The van der Waals surface area contributed by atoms with E-state index < -0.39 is 4.92 Å². The number of carbonyl (C=O) groups is 1. The van der Waals surface area contributed by atoms with Gasteiger partial charge >= 0.3 is 0 Å². The predicted octanol–water partition coefficient (Wildman–Crippen LogP) is -0.107. The topological polar surface area (TPSA) is 75.8 Å². The van der Waals surface area contributed by atoms with Crippen LogP contribution in [0.1, 0.15) is 12.5 Å². The standard InChI is InChI=1S/C11H13N3O3Si/c1-7-10(11(15)13(7)18)12-6-8-2-4-9(5-3-8)14(16)17/h2-7,10H,1,18H3. The molecule has 1 aromatic rings. The molecule has 1 heterocycles. The number of carbonyl (C=O) groups excluding carboxylic acids is 1. The van der Waals surface area contributed by atoms with Crippen LogP contribution in [-0.4, -0.2) is 44.1 Å². The highest BCUT2D eigenvalue weighted by Gasteiger charge is 2.40. The number of amides is 1. The zero-order chi connectivity index (χ0) is 13.3. The first-order chi connectivity index (χ1) is 8.50. The average Bonchev–Trinajstić information content (AvgIpc) is 2.38. The van der Waals surface area contributed by atoms with Crippen molar-refractivity contribution in [1.29, 1.82) is 0 Å². The second kappa shape index (κ2) is 4.69. The average molecular weight is 263 g/mol. The molecule has 1 aliphatic heterocycles. The molecule has 94 valence electrons. The highest BCUT2D eigenvalue weighted by molar-refractivity contribution is 6.19. The van der Waals surface area contributed by atoms with Crippen molar-refractivity contribution in [3.05, 3.63) is 39.9 Å². The van der Waals surface area contributed by atoms with Gasteiger partial charge in [0, 0.05) is 18.3 Å². The van der Waals surface area contributed by atoms with Gasteiger partial charge < -0.3 is 4.57 Å². The van der Waals surface area contributed by atoms with E-state index in [2.05, 4.69) is 4.99 Å². The summed E-state index contributed by atoms with van der Waals surface area (Å²) in [6.07, 6.45) is 1.59. The monoisotopic (exact) mass is 263 g/mol. The third kappa shape index (κ3) is 2.16. The third-order valence-electron chi connectivity index (χ3n) is 3.16. The van der Waals surface area contributed by atoms with Gasteiger partial charge in [-0.2, -0.15) is 0 Å². The quantitative estimate of drug-likeness (QED) is 0.251. The van der Waals surface area contributed by atoms with Crippen LogP contribution in [0.3, 0.4) is 0 Å². The minimum absolute atomic E-state index is 0.0472. The molecule has 1 saturated heterocycles. The van der Waals surface area contributed by atoms with Crippen LogP contribution in [0.5, 0.6) is 0 Å². The van der Waals surface area contributed by atoms with Crippen molar-refractivity contribution in [1.82, 2.24) is 4.57 Å². The molecule has 7 heteroatoms. The van der Waals surface area contributed by atoms with Crippen LogP contribution >= 0.6 is 0 Å². The Bertz CT molecular complexity index is 515. The van der Waals surface area contributed by atoms with Crippen molar-refractivity contribution in [2.24, 2.45) is 4.99 Å². The third-order valence-corrected chi connectivity index (χ3v) is 4.41. The summed E-state index contributed by atoms with van der Waals surface area (Å²) >= 11 is 0. The highest BCUT2D eigenvalue weighted by atomic mass is 28.2. The zero-order valence-corrected chi connectivity index (χ0v) is 12.1. The number of nitrogens with zero attached hydrogens (tertiary/aromatic N) is 3. The molecule has 0 saturated carbocycles. The van der Waals surface area contributed by atoms with Gasteiger partial charge in [-0.25, -0.2) is 0 Å². The minimum atomic E-state index is -0.446. The maximum absolute atomic E-state index is 11.5. The summed E-state index contributed by atoms with van der Waals surface area (Å²) in [5.41, 5.74) is 0.804. The molecule has 1 amide bonds. The summed E-state index contributed by atoms with van der Waals surface area (Å²) in [4.78, 5) is 25.8. The summed E-state index contributed by atoms with van der Waals surface area (Å²) in [5, 5.41) is 10.5. The van der Waals surface area contributed by atoms with Crippen LogP contribution in [0.2, 0.25) is 0 Å².